The molecular weight excluding hydrogens is 376 g/mol. The molecule has 0 radical (unpaired) electrons. The molecular formula is C22H29F2N3O2+2. The van der Waals surface area contributed by atoms with Crippen molar-refractivity contribution in [2.24, 2.45) is 0 Å². The van der Waals surface area contributed by atoms with Gasteiger partial charge in [0.1, 0.15) is 25.7 Å². The fourth-order valence-corrected chi connectivity index (χ4v) is 3.39. The second-order valence-electron chi connectivity index (χ2n) is 7.53. The summed E-state index contributed by atoms with van der Waals surface area (Å²) >= 11 is 0. The molecule has 29 heavy (non-hydrogen) atoms. The first-order valence-corrected chi connectivity index (χ1v) is 10.1. The number of hydrogen-bond acceptors (Lipinski definition) is 2. The summed E-state index contributed by atoms with van der Waals surface area (Å²) < 4.78 is 31.7. The number of nitrogens with one attached hydrogen (secondary N) is 2. The van der Waals surface area contributed by atoms with Crippen LogP contribution in [0.15, 0.2) is 42.5 Å². The van der Waals surface area contributed by atoms with Crippen molar-refractivity contribution in [1.29, 1.82) is 0 Å². The highest BCUT2D eigenvalue weighted by Crippen LogP contribution is 2.13. The molecule has 1 amide bonds. The lowest BCUT2D eigenvalue weighted by molar-refractivity contribution is -0.921. The zero-order chi connectivity index (χ0) is 20.6. The summed E-state index contributed by atoms with van der Waals surface area (Å²) in [6.07, 6.45) is 0. The summed E-state index contributed by atoms with van der Waals surface area (Å²) in [6.45, 7) is 7.27. The van der Waals surface area contributed by atoms with Crippen molar-refractivity contribution in [3.8, 4) is 0 Å². The number of carbonyl (C=O) groups is 1. The first-order valence-electron chi connectivity index (χ1n) is 10.1. The summed E-state index contributed by atoms with van der Waals surface area (Å²) in [6, 6.07) is 12.0. The van der Waals surface area contributed by atoms with Crippen molar-refractivity contribution in [2.75, 3.05) is 32.8 Å². The van der Waals surface area contributed by atoms with Crippen molar-refractivity contribution in [2.45, 2.75) is 26.1 Å². The van der Waals surface area contributed by atoms with E-state index < -0.39 is 11.6 Å². The number of carbonyl (C=O) groups excluding carboxylic acids is 1. The van der Waals surface area contributed by atoms with Crippen LogP contribution < -0.4 is 15.5 Å². The molecule has 1 aliphatic rings. The van der Waals surface area contributed by atoms with Gasteiger partial charge in [0.05, 0.1) is 13.2 Å². The van der Waals surface area contributed by atoms with Crippen LogP contribution in [0.5, 0.6) is 0 Å². The van der Waals surface area contributed by atoms with Gasteiger partial charge in [0.25, 0.3) is 5.91 Å². The number of hydrogen-bond donors (Lipinski definition) is 3. The van der Waals surface area contributed by atoms with Gasteiger partial charge in [-0.3, -0.25) is 4.79 Å². The van der Waals surface area contributed by atoms with Crippen LogP contribution in [0.4, 0.5) is 8.78 Å². The second-order valence-corrected chi connectivity index (χ2v) is 7.53. The SMILES string of the molecule is C[C@H]([NH2+]CC(=O)NCc1ccc(C[NH+]2CCOCC2)cc1)c1ccc(F)c(F)c1. The minimum Gasteiger partial charge on any atom is -0.370 e. The molecule has 0 aliphatic carbocycles. The van der Waals surface area contributed by atoms with Gasteiger partial charge in [-0.05, 0) is 30.7 Å². The first kappa shape index (κ1) is 21.4. The number of rotatable bonds is 8. The van der Waals surface area contributed by atoms with Gasteiger partial charge in [-0.1, -0.05) is 24.3 Å². The highest BCUT2D eigenvalue weighted by atomic mass is 19.2. The zero-order valence-corrected chi connectivity index (χ0v) is 16.7. The fourth-order valence-electron chi connectivity index (χ4n) is 3.39. The average molecular weight is 405 g/mol. The Balaban J connectivity index is 1.40. The molecule has 7 heteroatoms. The van der Waals surface area contributed by atoms with E-state index in [9.17, 15) is 13.6 Å². The quantitative estimate of drug-likeness (QED) is 0.593. The summed E-state index contributed by atoms with van der Waals surface area (Å²) in [7, 11) is 0. The van der Waals surface area contributed by atoms with Gasteiger partial charge in [-0.15, -0.1) is 0 Å². The van der Waals surface area contributed by atoms with Crippen molar-refractivity contribution in [3.63, 3.8) is 0 Å². The smallest absolute Gasteiger partial charge is 0.275 e. The predicted octanol–water partition coefficient (Wildman–Crippen LogP) is 0.321. The summed E-state index contributed by atoms with van der Waals surface area (Å²) in [4.78, 5) is 13.6. The van der Waals surface area contributed by atoms with Gasteiger partial charge < -0.3 is 20.3 Å². The van der Waals surface area contributed by atoms with Gasteiger partial charge >= 0.3 is 0 Å². The van der Waals surface area contributed by atoms with Crippen molar-refractivity contribution in [3.05, 3.63) is 70.8 Å². The Hall–Kier alpha value is -2.35. The summed E-state index contributed by atoms with van der Waals surface area (Å²) in [5.74, 6) is -1.83. The number of ether oxygens (including phenoxy) is 1. The average Bonchev–Trinajstić information content (AvgIpc) is 2.74. The van der Waals surface area contributed by atoms with E-state index in [2.05, 4.69) is 17.4 Å². The number of nitrogens with two attached hydrogens (primary N) is 1. The van der Waals surface area contributed by atoms with Crippen molar-refractivity contribution >= 4 is 5.91 Å². The molecule has 0 saturated carbocycles. The molecule has 0 spiro atoms. The minimum atomic E-state index is -0.870. The standard InChI is InChI=1S/C22H27F2N3O2/c1-16(19-6-7-20(23)21(24)12-19)25-14-22(28)26-13-17-2-4-18(5-3-17)15-27-8-10-29-11-9-27/h2-7,12,16,25H,8-11,13-15H2,1H3,(H,26,28)/p+2/t16-/m0/s1. The molecule has 1 fully saturated rings. The van der Waals surface area contributed by atoms with E-state index in [0.29, 0.717) is 12.1 Å². The van der Waals surface area contributed by atoms with E-state index in [1.165, 1.54) is 22.6 Å². The molecule has 1 heterocycles. The molecule has 1 atom stereocenters. The Morgan fingerprint density at radius 3 is 2.48 bits per heavy atom. The third-order valence-corrected chi connectivity index (χ3v) is 5.29. The van der Waals surface area contributed by atoms with E-state index in [0.717, 1.165) is 44.5 Å². The van der Waals surface area contributed by atoms with E-state index in [1.807, 2.05) is 19.1 Å². The monoisotopic (exact) mass is 405 g/mol. The normalized spacial score (nSPS) is 15.8. The molecule has 156 valence electrons. The lowest BCUT2D eigenvalue weighted by Gasteiger charge is -2.23. The van der Waals surface area contributed by atoms with Crippen LogP contribution >= 0.6 is 0 Å². The zero-order valence-electron chi connectivity index (χ0n) is 16.7. The van der Waals surface area contributed by atoms with Crippen LogP contribution in [-0.4, -0.2) is 38.8 Å². The van der Waals surface area contributed by atoms with Crippen LogP contribution in [-0.2, 0) is 22.6 Å². The number of quaternary nitrogens is 2. The van der Waals surface area contributed by atoms with Gasteiger partial charge in [0, 0.05) is 17.7 Å². The maximum absolute atomic E-state index is 13.3. The largest absolute Gasteiger partial charge is 0.370 e. The highest BCUT2D eigenvalue weighted by Gasteiger charge is 2.15. The predicted molar refractivity (Wildman–Crippen MR) is 105 cm³/mol. The van der Waals surface area contributed by atoms with Crippen molar-refractivity contribution < 1.29 is 28.5 Å². The molecule has 5 nitrogen and oxygen atoms in total. The topological polar surface area (TPSA) is 59.4 Å². The molecule has 0 aromatic heterocycles. The molecule has 2 aromatic carbocycles. The van der Waals surface area contributed by atoms with E-state index in [4.69, 9.17) is 4.74 Å². The Labute approximate surface area is 170 Å². The van der Waals surface area contributed by atoms with Crippen LogP contribution in [0.2, 0.25) is 0 Å². The molecule has 0 unspecified atom stereocenters. The maximum atomic E-state index is 13.3. The van der Waals surface area contributed by atoms with Crippen LogP contribution in [0.25, 0.3) is 0 Å². The third kappa shape index (κ3) is 6.59. The van der Waals surface area contributed by atoms with Gasteiger partial charge in [-0.25, -0.2) is 8.78 Å². The summed E-state index contributed by atoms with van der Waals surface area (Å²) in [5.41, 5.74) is 2.98. The highest BCUT2D eigenvalue weighted by molar-refractivity contribution is 5.76. The van der Waals surface area contributed by atoms with E-state index in [1.54, 1.807) is 5.32 Å². The Morgan fingerprint density at radius 2 is 1.79 bits per heavy atom. The number of amides is 1. The molecule has 3 rings (SSSR count). The van der Waals surface area contributed by atoms with Crippen molar-refractivity contribution in [1.82, 2.24) is 5.32 Å². The third-order valence-electron chi connectivity index (χ3n) is 5.29. The minimum absolute atomic E-state index is 0.0960. The van der Waals surface area contributed by atoms with Gasteiger partial charge in [-0.2, -0.15) is 0 Å². The molecule has 0 bridgehead atoms. The van der Waals surface area contributed by atoms with E-state index >= 15 is 0 Å². The molecule has 4 N–H and O–H groups in total. The Morgan fingerprint density at radius 1 is 1.10 bits per heavy atom. The number of morpholine rings is 1. The summed E-state index contributed by atoms with van der Waals surface area (Å²) in [5, 5.41) is 4.70. The van der Waals surface area contributed by atoms with Gasteiger partial charge in [0.2, 0.25) is 0 Å². The lowest BCUT2D eigenvalue weighted by atomic mass is 10.1. The Bertz CT molecular complexity index is 808. The van der Waals surface area contributed by atoms with Crippen LogP contribution in [0, 0.1) is 11.6 Å². The van der Waals surface area contributed by atoms with E-state index in [-0.39, 0.29) is 18.5 Å². The molecule has 1 aliphatic heterocycles. The number of halogens is 2. The fraction of sp³-hybridized carbons (Fsp3) is 0.409. The molecule has 1 saturated heterocycles. The van der Waals surface area contributed by atoms with Crippen LogP contribution in [0.3, 0.4) is 0 Å². The number of benzene rings is 2. The second kappa shape index (κ2) is 10.4. The first-order chi connectivity index (χ1) is 14.0. The molecule has 2 aromatic rings. The lowest BCUT2D eigenvalue weighted by Crippen LogP contribution is -3.12. The van der Waals surface area contributed by atoms with Gasteiger partial charge in [0.15, 0.2) is 18.2 Å². The Kier molecular flexibility index (Phi) is 7.69. The maximum Gasteiger partial charge on any atom is 0.275 e. The van der Waals surface area contributed by atoms with Crippen LogP contribution in [0.1, 0.15) is 29.7 Å².